The summed E-state index contributed by atoms with van der Waals surface area (Å²) in [5.41, 5.74) is 0.194. The van der Waals surface area contributed by atoms with Gasteiger partial charge >= 0.3 is 5.97 Å². The van der Waals surface area contributed by atoms with E-state index in [2.05, 4.69) is 0 Å². The molecule has 0 aromatic heterocycles. The summed E-state index contributed by atoms with van der Waals surface area (Å²) < 4.78 is 5.27. The Morgan fingerprint density at radius 2 is 1.86 bits per heavy atom. The van der Waals surface area contributed by atoms with Gasteiger partial charge < -0.3 is 9.64 Å². The van der Waals surface area contributed by atoms with E-state index in [0.29, 0.717) is 24.6 Å². The molecule has 3 rings (SSSR count). The average Bonchev–Trinajstić information content (AvgIpc) is 2.53. The Bertz CT molecular complexity index is 564. The largest absolute Gasteiger partial charge is 0.462 e. The minimum atomic E-state index is -0.722. The van der Waals surface area contributed by atoms with Crippen LogP contribution in [0.25, 0.3) is 0 Å². The molecule has 1 saturated heterocycles. The molecule has 0 unspecified atom stereocenters. The lowest BCUT2D eigenvalue weighted by atomic mass is 9.79. The zero-order chi connectivity index (χ0) is 15.6. The quantitative estimate of drug-likeness (QED) is 0.787. The number of nitrogens with zero attached hydrogens (tertiary/aromatic N) is 1. The fourth-order valence-electron chi connectivity index (χ4n) is 3.53. The first-order chi connectivity index (χ1) is 10.6. The van der Waals surface area contributed by atoms with E-state index in [1.807, 2.05) is 12.1 Å². The van der Waals surface area contributed by atoms with E-state index in [1.54, 1.807) is 17.0 Å². The van der Waals surface area contributed by atoms with Crippen LogP contribution in [0, 0.1) is 0 Å². The molecule has 5 heteroatoms. The van der Waals surface area contributed by atoms with Crippen molar-refractivity contribution < 1.29 is 14.3 Å². The smallest absolute Gasteiger partial charge is 0.332 e. The van der Waals surface area contributed by atoms with Gasteiger partial charge in [0, 0.05) is 5.02 Å². The van der Waals surface area contributed by atoms with E-state index in [1.165, 1.54) is 0 Å². The van der Waals surface area contributed by atoms with Crippen molar-refractivity contribution in [3.8, 4) is 0 Å². The molecule has 1 saturated carbocycles. The number of hydrogen-bond acceptors (Lipinski definition) is 3. The Kier molecular flexibility index (Phi) is 4.39. The summed E-state index contributed by atoms with van der Waals surface area (Å²) >= 11 is 5.88. The second-order valence-electron chi connectivity index (χ2n) is 6.08. The van der Waals surface area contributed by atoms with Crippen LogP contribution in [0.1, 0.15) is 37.7 Å². The maximum absolute atomic E-state index is 12.8. The first kappa shape index (κ1) is 15.3. The monoisotopic (exact) mass is 321 g/mol. The first-order valence-electron chi connectivity index (χ1n) is 7.84. The van der Waals surface area contributed by atoms with Crippen molar-refractivity contribution in [1.82, 2.24) is 4.90 Å². The zero-order valence-corrected chi connectivity index (χ0v) is 13.3. The first-order valence-corrected chi connectivity index (χ1v) is 8.22. The van der Waals surface area contributed by atoms with Crippen LogP contribution in [0.2, 0.25) is 5.02 Å². The number of morpholine rings is 1. The van der Waals surface area contributed by atoms with Crippen molar-refractivity contribution in [3.05, 3.63) is 34.9 Å². The Hall–Kier alpha value is -1.55. The summed E-state index contributed by atoms with van der Waals surface area (Å²) in [4.78, 5) is 26.9. The molecule has 2 fully saturated rings. The number of halogens is 1. The molecule has 118 valence electrons. The molecule has 0 N–H and O–H groups in total. The number of amides is 1. The van der Waals surface area contributed by atoms with Crippen LogP contribution in [-0.2, 0) is 20.7 Å². The van der Waals surface area contributed by atoms with Gasteiger partial charge in [0.15, 0.2) is 0 Å². The van der Waals surface area contributed by atoms with Crippen LogP contribution >= 0.6 is 11.6 Å². The second-order valence-corrected chi connectivity index (χ2v) is 6.51. The maximum Gasteiger partial charge on any atom is 0.332 e. The maximum atomic E-state index is 12.8. The van der Waals surface area contributed by atoms with Crippen molar-refractivity contribution >= 4 is 23.5 Å². The molecule has 2 aliphatic rings. The van der Waals surface area contributed by atoms with E-state index in [9.17, 15) is 9.59 Å². The van der Waals surface area contributed by atoms with Gasteiger partial charge in [-0.3, -0.25) is 4.79 Å². The Morgan fingerprint density at radius 3 is 2.55 bits per heavy atom. The minimum Gasteiger partial charge on any atom is -0.462 e. The predicted octanol–water partition coefficient (Wildman–Crippen LogP) is 2.97. The number of carbonyl (C=O) groups is 2. The summed E-state index contributed by atoms with van der Waals surface area (Å²) in [6.07, 6.45) is 4.80. The van der Waals surface area contributed by atoms with Crippen molar-refractivity contribution in [2.24, 2.45) is 0 Å². The number of rotatable bonds is 2. The number of ether oxygens (including phenoxy) is 1. The number of esters is 1. The summed E-state index contributed by atoms with van der Waals surface area (Å²) in [6.45, 7) is 0.797. The molecular weight excluding hydrogens is 302 g/mol. The van der Waals surface area contributed by atoms with Gasteiger partial charge in [-0.05, 0) is 30.5 Å². The molecule has 1 spiro atoms. The van der Waals surface area contributed by atoms with Crippen LogP contribution in [0.15, 0.2) is 24.3 Å². The topological polar surface area (TPSA) is 46.6 Å². The van der Waals surface area contributed by atoms with Crippen LogP contribution in [0.4, 0.5) is 0 Å². The zero-order valence-electron chi connectivity index (χ0n) is 12.5. The van der Waals surface area contributed by atoms with Crippen LogP contribution in [0.5, 0.6) is 0 Å². The molecule has 0 atom stereocenters. The van der Waals surface area contributed by atoms with Gasteiger partial charge in [-0.1, -0.05) is 43.0 Å². The highest BCUT2D eigenvalue weighted by Gasteiger charge is 2.50. The normalized spacial score (nSPS) is 20.8. The summed E-state index contributed by atoms with van der Waals surface area (Å²) in [6, 6.07) is 7.28. The molecule has 1 aliphatic carbocycles. The van der Waals surface area contributed by atoms with Crippen LogP contribution in [0.3, 0.4) is 0 Å². The number of cyclic esters (lactones) is 1. The van der Waals surface area contributed by atoms with Crippen molar-refractivity contribution in [1.29, 1.82) is 0 Å². The third-order valence-corrected chi connectivity index (χ3v) is 4.95. The summed E-state index contributed by atoms with van der Waals surface area (Å²) in [5, 5.41) is 0.654. The van der Waals surface area contributed by atoms with Crippen LogP contribution in [-0.4, -0.2) is 35.5 Å². The molecule has 1 aromatic carbocycles. The van der Waals surface area contributed by atoms with E-state index in [-0.39, 0.29) is 11.9 Å². The molecule has 22 heavy (non-hydrogen) atoms. The lowest BCUT2D eigenvalue weighted by Crippen LogP contribution is -2.63. The standard InChI is InChI=1S/C17H20ClNO3/c18-14-6-4-13(5-7-14)12-15(20)19-10-11-22-16(21)17(19)8-2-1-3-9-17/h4-7H,1-3,8-12H2. The lowest BCUT2D eigenvalue weighted by Gasteiger charge is -2.47. The molecule has 1 amide bonds. The highest BCUT2D eigenvalue weighted by atomic mass is 35.5. The number of benzene rings is 1. The number of hydrogen-bond donors (Lipinski definition) is 0. The molecule has 1 heterocycles. The molecule has 0 bridgehead atoms. The molecule has 1 aliphatic heterocycles. The van der Waals surface area contributed by atoms with Gasteiger partial charge in [0.25, 0.3) is 0 Å². The third-order valence-electron chi connectivity index (χ3n) is 4.70. The summed E-state index contributed by atoms with van der Waals surface area (Å²) in [7, 11) is 0. The van der Waals surface area contributed by atoms with Crippen LogP contribution < -0.4 is 0 Å². The van der Waals surface area contributed by atoms with Gasteiger partial charge in [0.05, 0.1) is 13.0 Å². The molecule has 4 nitrogen and oxygen atoms in total. The molecule has 0 radical (unpaired) electrons. The fraction of sp³-hybridized carbons (Fsp3) is 0.529. The highest BCUT2D eigenvalue weighted by molar-refractivity contribution is 6.30. The van der Waals surface area contributed by atoms with E-state index in [0.717, 1.165) is 37.7 Å². The second kappa shape index (κ2) is 6.29. The minimum absolute atomic E-state index is 0.000808. The SMILES string of the molecule is O=C(Cc1ccc(Cl)cc1)N1CCOC(=O)C12CCCCC2. The molecule has 1 aromatic rings. The van der Waals surface area contributed by atoms with Crippen molar-refractivity contribution in [3.63, 3.8) is 0 Å². The van der Waals surface area contributed by atoms with Gasteiger partial charge in [-0.15, -0.1) is 0 Å². The van der Waals surface area contributed by atoms with E-state index < -0.39 is 5.54 Å². The van der Waals surface area contributed by atoms with E-state index in [4.69, 9.17) is 16.3 Å². The average molecular weight is 322 g/mol. The van der Waals surface area contributed by atoms with Gasteiger partial charge in [-0.25, -0.2) is 4.79 Å². The third kappa shape index (κ3) is 2.84. The molecular formula is C17H20ClNO3. The highest BCUT2D eigenvalue weighted by Crippen LogP contribution is 2.37. The predicted molar refractivity (Wildman–Crippen MR) is 83.6 cm³/mol. The fourth-order valence-corrected chi connectivity index (χ4v) is 3.66. The lowest BCUT2D eigenvalue weighted by molar-refractivity contribution is -0.178. The summed E-state index contributed by atoms with van der Waals surface area (Å²) in [5.74, 6) is -0.219. The Balaban J connectivity index is 1.79. The van der Waals surface area contributed by atoms with Crippen molar-refractivity contribution in [2.45, 2.75) is 44.1 Å². The van der Waals surface area contributed by atoms with Crippen molar-refractivity contribution in [2.75, 3.05) is 13.2 Å². The van der Waals surface area contributed by atoms with Gasteiger partial charge in [-0.2, -0.15) is 0 Å². The van der Waals surface area contributed by atoms with Gasteiger partial charge in [0.1, 0.15) is 12.1 Å². The Labute approximate surface area is 135 Å². The number of carbonyl (C=O) groups excluding carboxylic acids is 2. The van der Waals surface area contributed by atoms with E-state index >= 15 is 0 Å². The Morgan fingerprint density at radius 1 is 1.18 bits per heavy atom. The van der Waals surface area contributed by atoms with Gasteiger partial charge in [0.2, 0.25) is 5.91 Å².